The fourth-order valence-corrected chi connectivity index (χ4v) is 10.5. The lowest BCUT2D eigenvalue weighted by Gasteiger charge is -2.42. The van der Waals surface area contributed by atoms with Gasteiger partial charge in [-0.2, -0.15) is 0 Å². The van der Waals surface area contributed by atoms with Crippen LogP contribution < -0.4 is 0 Å². The van der Waals surface area contributed by atoms with E-state index in [0.717, 1.165) is 12.0 Å². The number of fused-ring (bicyclic) bond motifs is 3. The van der Waals surface area contributed by atoms with Gasteiger partial charge in [0.2, 0.25) is 5.79 Å². The standard InChI is InChI=1S/C53H83NO14/c1-32-16-12-11-13-17-33(2)44(63-8)30-40-21-19-38(7)53(62,68-40)50(59)51(60)54-23-15-14-18-41(54)52(61)67-45(35(4)28-39-20-22-43(66-25-24-55)46(29-39)64-9)31-42(56)34(3)27-37(6)48(58)49(65-10)47(57)36(5)26-32/h11-13,16-17,27,32,34-36,38-41,43-46,48-49,55,58,62H,14-15,18-26,28-31H2,1-10H3/b13-11+,16-12+,33-17+,37-27+/t32-,34-,35-,36-,38-,39-,40-,41+,43-,44+,45-,46-,48-,49+,53-/m1/s1. The van der Waals surface area contributed by atoms with Crippen molar-refractivity contribution in [2.45, 2.75) is 180 Å². The van der Waals surface area contributed by atoms with Gasteiger partial charge in [-0.15, -0.1) is 0 Å². The predicted molar refractivity (Wildman–Crippen MR) is 256 cm³/mol. The van der Waals surface area contributed by atoms with Gasteiger partial charge < -0.3 is 48.6 Å². The Hall–Kier alpha value is -3.41. The highest BCUT2D eigenvalue weighted by molar-refractivity contribution is 6.39. The van der Waals surface area contributed by atoms with Crippen molar-refractivity contribution in [3.8, 4) is 0 Å². The predicted octanol–water partition coefficient (Wildman–Crippen LogP) is 6.20. The van der Waals surface area contributed by atoms with E-state index in [9.17, 15) is 39.3 Å². The first kappa shape index (κ1) is 57.2. The van der Waals surface area contributed by atoms with Crippen LogP contribution in [-0.4, -0.2) is 145 Å². The third kappa shape index (κ3) is 15.3. The van der Waals surface area contributed by atoms with E-state index >= 15 is 0 Å². The van der Waals surface area contributed by atoms with Gasteiger partial charge in [-0.25, -0.2) is 4.79 Å². The van der Waals surface area contributed by atoms with Crippen molar-refractivity contribution in [3.05, 3.63) is 47.6 Å². The van der Waals surface area contributed by atoms with Crippen molar-refractivity contribution in [1.82, 2.24) is 4.90 Å². The molecule has 3 fully saturated rings. The Bertz CT molecular complexity index is 1810. The van der Waals surface area contributed by atoms with Crippen LogP contribution >= 0.6 is 0 Å². The minimum absolute atomic E-state index is 0.0158. The Morgan fingerprint density at radius 2 is 1.59 bits per heavy atom. The molecule has 1 saturated carbocycles. The summed E-state index contributed by atoms with van der Waals surface area (Å²) >= 11 is 0. The number of carbonyl (C=O) groups excluding carboxylic acids is 5. The Labute approximate surface area is 405 Å². The normalized spacial score (nSPS) is 39.2. The van der Waals surface area contributed by atoms with Crippen LogP contribution in [0.15, 0.2) is 47.6 Å². The molecule has 1 aliphatic carbocycles. The molecule has 2 saturated heterocycles. The van der Waals surface area contributed by atoms with Crippen LogP contribution in [0.5, 0.6) is 0 Å². The molecule has 1 amide bonds. The average molecular weight is 958 g/mol. The van der Waals surface area contributed by atoms with E-state index in [2.05, 4.69) is 0 Å². The van der Waals surface area contributed by atoms with Crippen molar-refractivity contribution >= 4 is 29.2 Å². The molecular formula is C53H83NO14. The summed E-state index contributed by atoms with van der Waals surface area (Å²) in [7, 11) is 4.58. The summed E-state index contributed by atoms with van der Waals surface area (Å²) in [5.41, 5.74) is 1.26. The van der Waals surface area contributed by atoms with Crippen LogP contribution in [0.2, 0.25) is 0 Å². The van der Waals surface area contributed by atoms with Crippen LogP contribution in [-0.2, 0) is 52.4 Å². The fraction of sp³-hybridized carbons (Fsp3) is 0.755. The largest absolute Gasteiger partial charge is 0.460 e. The monoisotopic (exact) mass is 958 g/mol. The van der Waals surface area contributed by atoms with Crippen molar-refractivity contribution in [1.29, 1.82) is 0 Å². The number of ether oxygens (including phenoxy) is 6. The van der Waals surface area contributed by atoms with E-state index in [0.29, 0.717) is 63.4 Å². The summed E-state index contributed by atoms with van der Waals surface area (Å²) in [6.45, 7) is 12.9. The maximum atomic E-state index is 14.5. The van der Waals surface area contributed by atoms with E-state index in [1.54, 1.807) is 41.1 Å². The topological polar surface area (TPSA) is 205 Å². The number of amides is 1. The van der Waals surface area contributed by atoms with E-state index < -0.39 is 77.8 Å². The Morgan fingerprint density at radius 3 is 2.26 bits per heavy atom. The lowest BCUT2D eigenvalue weighted by Crippen LogP contribution is -2.61. The van der Waals surface area contributed by atoms with Crippen molar-refractivity contribution in [2.75, 3.05) is 41.1 Å². The molecule has 3 N–H and O–H groups in total. The molecule has 68 heavy (non-hydrogen) atoms. The highest BCUT2D eigenvalue weighted by atomic mass is 16.6. The number of piperidine rings is 1. The highest BCUT2D eigenvalue weighted by Gasteiger charge is 2.53. The van der Waals surface area contributed by atoms with Crippen LogP contribution in [0, 0.1) is 35.5 Å². The maximum Gasteiger partial charge on any atom is 0.329 e. The summed E-state index contributed by atoms with van der Waals surface area (Å²) in [5.74, 6) is -7.96. The van der Waals surface area contributed by atoms with E-state index in [-0.39, 0.29) is 74.1 Å². The van der Waals surface area contributed by atoms with Gasteiger partial charge >= 0.3 is 5.97 Å². The molecule has 15 heteroatoms. The molecule has 0 radical (unpaired) electrons. The minimum atomic E-state index is -2.43. The number of hydrogen-bond donors (Lipinski definition) is 3. The number of carbonyl (C=O) groups is 5. The number of esters is 1. The molecule has 15 atom stereocenters. The molecule has 0 aromatic carbocycles. The number of allylic oxidation sites excluding steroid dienone is 6. The number of methoxy groups -OCH3 is 3. The van der Waals surface area contributed by atoms with E-state index in [4.69, 9.17) is 28.4 Å². The zero-order chi connectivity index (χ0) is 50.3. The number of Topliss-reactive ketones (excluding diaryl/α,β-unsaturated/α-hetero) is 3. The molecule has 0 spiro atoms. The van der Waals surface area contributed by atoms with E-state index in [1.165, 1.54) is 12.0 Å². The molecule has 0 aromatic rings. The summed E-state index contributed by atoms with van der Waals surface area (Å²) in [6, 6.07) is -1.14. The first-order valence-corrected chi connectivity index (χ1v) is 25.0. The number of rotatable bonds is 9. The average Bonchev–Trinajstić information content (AvgIpc) is 3.32. The van der Waals surface area contributed by atoms with Crippen LogP contribution in [0.4, 0.5) is 0 Å². The molecule has 2 bridgehead atoms. The van der Waals surface area contributed by atoms with Gasteiger partial charge in [-0.1, -0.05) is 71.1 Å². The third-order valence-electron chi connectivity index (χ3n) is 14.9. The first-order valence-electron chi connectivity index (χ1n) is 25.0. The van der Waals surface area contributed by atoms with Gasteiger partial charge in [0.1, 0.15) is 30.1 Å². The summed E-state index contributed by atoms with van der Waals surface area (Å²) in [4.78, 5) is 72.1. The molecule has 4 rings (SSSR count). The number of nitrogens with zero attached hydrogens (tertiary/aromatic N) is 1. The van der Waals surface area contributed by atoms with Gasteiger partial charge in [0.15, 0.2) is 5.78 Å². The lowest BCUT2D eigenvalue weighted by molar-refractivity contribution is -0.265. The van der Waals surface area contributed by atoms with Gasteiger partial charge in [-0.3, -0.25) is 19.2 Å². The number of aliphatic hydroxyl groups is 3. The van der Waals surface area contributed by atoms with Crippen molar-refractivity contribution in [3.63, 3.8) is 0 Å². The highest BCUT2D eigenvalue weighted by Crippen LogP contribution is 2.38. The summed E-state index contributed by atoms with van der Waals surface area (Å²) in [6.07, 6.45) is 12.0. The Balaban J connectivity index is 1.70. The first-order chi connectivity index (χ1) is 32.3. The number of cyclic esters (lactones) is 1. The van der Waals surface area contributed by atoms with Gasteiger partial charge in [0.25, 0.3) is 11.7 Å². The number of aliphatic hydroxyl groups excluding tert-OH is 2. The second kappa shape index (κ2) is 27.3. The molecule has 15 nitrogen and oxygen atoms in total. The van der Waals surface area contributed by atoms with Crippen LogP contribution in [0.1, 0.15) is 126 Å². The molecule has 4 aliphatic rings. The van der Waals surface area contributed by atoms with Crippen molar-refractivity contribution < 1.29 is 67.7 Å². The molecule has 384 valence electrons. The Kier molecular flexibility index (Phi) is 22.9. The second-order valence-corrected chi connectivity index (χ2v) is 20.2. The smallest absolute Gasteiger partial charge is 0.329 e. The molecule has 0 aromatic heterocycles. The van der Waals surface area contributed by atoms with Crippen LogP contribution in [0.3, 0.4) is 0 Å². The third-order valence-corrected chi connectivity index (χ3v) is 14.9. The second-order valence-electron chi connectivity index (χ2n) is 20.2. The van der Waals surface area contributed by atoms with Crippen LogP contribution in [0.25, 0.3) is 0 Å². The lowest BCUT2D eigenvalue weighted by atomic mass is 9.78. The van der Waals surface area contributed by atoms with E-state index in [1.807, 2.05) is 58.1 Å². The fourth-order valence-electron chi connectivity index (χ4n) is 10.5. The summed E-state index contributed by atoms with van der Waals surface area (Å²) < 4.78 is 35.6. The quantitative estimate of drug-likeness (QED) is 0.134. The van der Waals surface area contributed by atoms with Gasteiger partial charge in [-0.05, 0) is 107 Å². The van der Waals surface area contributed by atoms with Crippen molar-refractivity contribution in [2.24, 2.45) is 35.5 Å². The molecule has 3 aliphatic heterocycles. The number of hydrogen-bond acceptors (Lipinski definition) is 14. The minimum Gasteiger partial charge on any atom is -0.460 e. The molecule has 0 unspecified atom stereocenters. The molecule has 3 heterocycles. The SMILES string of the molecule is CO[C@H]1C[C@H]2CC[C@@H](C)[C@@](O)(O2)C(=O)C(=O)N2CCCC[C@H]2C(=O)O[C@@H]([C@H](C)C[C@H]2CC[C@@H](OCCO)[C@H](OC)C2)CC(=O)[C@H](C)/C=C(\C)[C@@H](O)[C@@H](OC)C(=O)[C@H](C)C[C@H](C)/C=C/C=C/C=C/1C. The number of ketones is 3. The van der Waals surface area contributed by atoms with Gasteiger partial charge in [0, 0.05) is 58.5 Å². The Morgan fingerprint density at radius 1 is 0.853 bits per heavy atom. The van der Waals surface area contributed by atoms with Gasteiger partial charge in [0.05, 0.1) is 37.6 Å². The molecular weight excluding hydrogens is 875 g/mol. The zero-order valence-electron chi connectivity index (χ0n) is 42.4. The maximum absolute atomic E-state index is 14.5. The summed E-state index contributed by atoms with van der Waals surface area (Å²) in [5, 5.41) is 32.8. The zero-order valence-corrected chi connectivity index (χ0v) is 42.4.